The smallest absolute Gasteiger partial charge is 0.475 e. The van der Waals surface area contributed by atoms with E-state index in [-0.39, 0.29) is 6.04 Å². The number of nitrogens with zero attached hydrogens (tertiary/aromatic N) is 7. The largest absolute Gasteiger partial charge is 0.490 e. The summed E-state index contributed by atoms with van der Waals surface area (Å²) in [5.41, 5.74) is 1.89. The van der Waals surface area contributed by atoms with Crippen LogP contribution in [0.15, 0.2) is 16.9 Å². The van der Waals surface area contributed by atoms with Gasteiger partial charge in [0.15, 0.2) is 29.0 Å². The van der Waals surface area contributed by atoms with E-state index in [0.717, 1.165) is 38.0 Å². The molecule has 2 saturated heterocycles. The first-order valence-corrected chi connectivity index (χ1v) is 14.5. The van der Waals surface area contributed by atoms with Crippen molar-refractivity contribution in [2.75, 3.05) is 37.4 Å². The Morgan fingerprint density at radius 3 is 2.41 bits per heavy atom. The third kappa shape index (κ3) is 7.06. The predicted molar refractivity (Wildman–Crippen MR) is 152 cm³/mol. The number of hydrogen-bond acceptors (Lipinski definition) is 12. The van der Waals surface area contributed by atoms with Crippen LogP contribution in [0, 0.1) is 0 Å². The Morgan fingerprint density at radius 1 is 1.18 bits per heavy atom. The fourth-order valence-electron chi connectivity index (χ4n) is 5.12. The second-order valence-corrected chi connectivity index (χ2v) is 11.0. The first-order valence-electron chi connectivity index (χ1n) is 14.5. The minimum atomic E-state index is -5.08. The molecule has 3 aromatic rings. The van der Waals surface area contributed by atoms with Crippen molar-refractivity contribution in [1.29, 1.82) is 0 Å². The lowest BCUT2D eigenvalue weighted by atomic mass is 10.1. The van der Waals surface area contributed by atoms with Gasteiger partial charge in [-0.05, 0) is 39.8 Å². The number of rotatable bonds is 9. The van der Waals surface area contributed by atoms with Crippen LogP contribution in [0.3, 0.4) is 0 Å². The standard InChI is InChI=1S/C25H38N8O4.C2HF3O2/c1-6-14(7-2)27-22-18-23(29-25(28-22)32-10-9-16(12-32)31(4)5)33(13-26-18)24-20(35)19(34)21(36-24)17-11-15(8-3)30-37-17;3-2(4,5)1(6)7/h11,13-14,16,19-21,24,34-35H,6-10,12H2,1-5H3,(H,27,28,29);(H,6,7)/t16-,19+,20-,21-,24-;/m1./s1. The van der Waals surface area contributed by atoms with Crippen LogP contribution in [0.5, 0.6) is 0 Å². The summed E-state index contributed by atoms with van der Waals surface area (Å²) < 4.78 is 45.0. The number of aryl methyl sites for hydroxylation is 1. The van der Waals surface area contributed by atoms with E-state index in [1.54, 1.807) is 17.0 Å². The Labute approximate surface area is 251 Å². The normalized spacial score (nSPS) is 23.9. The maximum atomic E-state index is 11.0. The highest BCUT2D eigenvalue weighted by Gasteiger charge is 2.47. The van der Waals surface area contributed by atoms with Gasteiger partial charge in [0, 0.05) is 31.2 Å². The number of halogens is 3. The lowest BCUT2D eigenvalue weighted by Crippen LogP contribution is -2.32. The molecule has 0 bridgehead atoms. The number of aliphatic hydroxyl groups excluding tert-OH is 2. The molecule has 44 heavy (non-hydrogen) atoms. The van der Waals surface area contributed by atoms with Crippen LogP contribution >= 0.6 is 0 Å². The number of carboxylic acid groups (broad SMARTS) is 1. The Bertz CT molecular complexity index is 1410. The van der Waals surface area contributed by atoms with E-state index in [1.807, 2.05) is 6.92 Å². The van der Waals surface area contributed by atoms with Gasteiger partial charge in [-0.1, -0.05) is 25.9 Å². The number of ether oxygens (including phenoxy) is 1. The molecule has 17 heteroatoms. The summed E-state index contributed by atoms with van der Waals surface area (Å²) in [4.78, 5) is 27.7. The Balaban J connectivity index is 0.000000566. The average Bonchev–Trinajstić information content (AvgIpc) is 3.78. The Kier molecular flexibility index (Phi) is 10.3. The first-order chi connectivity index (χ1) is 20.8. The van der Waals surface area contributed by atoms with Crippen molar-refractivity contribution < 1.29 is 42.5 Å². The SMILES string of the molecule is CCc1cc([C@H]2O[C@@H](n3cnc4c(NC(CC)CC)nc(N5CC[C@@H](N(C)C)C5)nc43)[C@H](O)[C@@H]2O)on1.O=C(O)C(F)(F)F. The summed E-state index contributed by atoms with van der Waals surface area (Å²) in [7, 11) is 4.18. The molecule has 0 aromatic carbocycles. The van der Waals surface area contributed by atoms with Gasteiger partial charge < -0.3 is 39.7 Å². The molecule has 0 amide bonds. The number of aliphatic carboxylic acids is 1. The van der Waals surface area contributed by atoms with Crippen LogP contribution in [-0.2, 0) is 16.0 Å². The van der Waals surface area contributed by atoms with Crippen molar-refractivity contribution in [1.82, 2.24) is 29.6 Å². The van der Waals surface area contributed by atoms with Gasteiger partial charge >= 0.3 is 12.1 Å². The molecule has 0 spiro atoms. The number of hydrogen-bond donors (Lipinski definition) is 4. The van der Waals surface area contributed by atoms with E-state index in [0.29, 0.717) is 41.2 Å². The summed E-state index contributed by atoms with van der Waals surface area (Å²) in [6.07, 6.45) is -4.04. The number of carbonyl (C=O) groups is 1. The third-order valence-corrected chi connectivity index (χ3v) is 7.89. The topological polar surface area (TPSA) is 175 Å². The van der Waals surface area contributed by atoms with E-state index in [9.17, 15) is 23.4 Å². The van der Waals surface area contributed by atoms with Crippen LogP contribution in [0.2, 0.25) is 0 Å². The number of fused-ring (bicyclic) bond motifs is 1. The highest BCUT2D eigenvalue weighted by Crippen LogP contribution is 2.40. The molecule has 3 aromatic heterocycles. The Morgan fingerprint density at radius 2 is 1.86 bits per heavy atom. The highest BCUT2D eigenvalue weighted by molar-refractivity contribution is 5.84. The van der Waals surface area contributed by atoms with E-state index >= 15 is 0 Å². The molecular weight excluding hydrogens is 589 g/mol. The molecule has 2 aliphatic heterocycles. The molecule has 5 atom stereocenters. The van der Waals surface area contributed by atoms with Crippen molar-refractivity contribution in [3.05, 3.63) is 23.8 Å². The van der Waals surface area contributed by atoms with Gasteiger partial charge in [-0.3, -0.25) is 4.57 Å². The molecule has 0 unspecified atom stereocenters. The maximum absolute atomic E-state index is 11.0. The maximum Gasteiger partial charge on any atom is 0.490 e. The van der Waals surface area contributed by atoms with Gasteiger partial charge in [0.2, 0.25) is 5.95 Å². The number of likely N-dealkylation sites (N-methyl/N-ethyl adjacent to an activating group) is 1. The predicted octanol–water partition coefficient (Wildman–Crippen LogP) is 2.74. The van der Waals surface area contributed by atoms with Crippen LogP contribution < -0.4 is 10.2 Å². The van der Waals surface area contributed by atoms with Crippen molar-refractivity contribution in [2.24, 2.45) is 0 Å². The van der Waals surface area contributed by atoms with E-state index in [1.165, 1.54) is 0 Å². The molecule has 2 aliphatic rings. The number of anilines is 2. The summed E-state index contributed by atoms with van der Waals surface area (Å²) in [6, 6.07) is 2.41. The number of nitrogens with one attached hydrogen (secondary N) is 1. The monoisotopic (exact) mass is 628 g/mol. The number of carboxylic acids is 1. The summed E-state index contributed by atoms with van der Waals surface area (Å²) in [5.74, 6) is -1.10. The minimum absolute atomic E-state index is 0.239. The molecule has 0 saturated carbocycles. The van der Waals surface area contributed by atoms with Gasteiger partial charge in [-0.2, -0.15) is 23.1 Å². The summed E-state index contributed by atoms with van der Waals surface area (Å²) in [6.45, 7) is 7.92. The molecule has 0 radical (unpaired) electrons. The van der Waals surface area contributed by atoms with Crippen LogP contribution in [-0.4, -0.2) is 109 Å². The summed E-state index contributed by atoms with van der Waals surface area (Å²) >= 11 is 0. The van der Waals surface area contributed by atoms with E-state index in [2.05, 4.69) is 53.2 Å². The van der Waals surface area contributed by atoms with Crippen LogP contribution in [0.1, 0.15) is 63.8 Å². The first kappa shape index (κ1) is 33.4. The van der Waals surface area contributed by atoms with Crippen molar-refractivity contribution in [3.8, 4) is 0 Å². The zero-order valence-corrected chi connectivity index (χ0v) is 25.2. The highest BCUT2D eigenvalue weighted by atomic mass is 19.4. The quantitative estimate of drug-likeness (QED) is 0.273. The second-order valence-electron chi connectivity index (χ2n) is 11.0. The van der Waals surface area contributed by atoms with Crippen LogP contribution in [0.25, 0.3) is 11.2 Å². The van der Waals surface area contributed by atoms with Gasteiger partial charge in [0.05, 0.1) is 12.0 Å². The summed E-state index contributed by atoms with van der Waals surface area (Å²) in [5, 5.41) is 36.5. The van der Waals surface area contributed by atoms with Crippen molar-refractivity contribution >= 4 is 28.9 Å². The van der Waals surface area contributed by atoms with Gasteiger partial charge in [0.1, 0.15) is 18.3 Å². The molecule has 14 nitrogen and oxygen atoms in total. The number of alkyl halides is 3. The van der Waals surface area contributed by atoms with Gasteiger partial charge in [-0.15, -0.1) is 0 Å². The zero-order valence-electron chi connectivity index (χ0n) is 25.2. The molecule has 0 aliphatic carbocycles. The molecule has 5 rings (SSSR count). The minimum Gasteiger partial charge on any atom is -0.475 e. The fraction of sp³-hybridized carbons (Fsp3) is 0.667. The molecular formula is C27H39F3N8O6. The van der Waals surface area contributed by atoms with Gasteiger partial charge in [0.25, 0.3) is 0 Å². The second kappa shape index (κ2) is 13.6. The molecule has 5 heterocycles. The number of aromatic nitrogens is 5. The Hall–Kier alpha value is -3.54. The molecule has 2 fully saturated rings. The molecule has 4 N–H and O–H groups in total. The lowest BCUT2D eigenvalue weighted by molar-refractivity contribution is -0.192. The fourth-order valence-corrected chi connectivity index (χ4v) is 5.12. The van der Waals surface area contributed by atoms with Crippen molar-refractivity contribution in [2.45, 2.75) is 89.3 Å². The third-order valence-electron chi connectivity index (χ3n) is 7.89. The van der Waals surface area contributed by atoms with Gasteiger partial charge in [-0.25, -0.2) is 9.78 Å². The van der Waals surface area contributed by atoms with E-state index < -0.39 is 36.7 Å². The van der Waals surface area contributed by atoms with E-state index in [4.69, 9.17) is 29.1 Å². The number of imidazole rings is 1. The van der Waals surface area contributed by atoms with Crippen LogP contribution in [0.4, 0.5) is 24.9 Å². The molecule has 244 valence electrons. The zero-order chi connectivity index (χ0) is 32.3. The van der Waals surface area contributed by atoms with Crippen molar-refractivity contribution in [3.63, 3.8) is 0 Å². The average molecular weight is 629 g/mol. The number of aliphatic hydroxyl groups is 2. The lowest BCUT2D eigenvalue weighted by Gasteiger charge is -2.22.